The lowest BCUT2D eigenvalue weighted by molar-refractivity contribution is 0.0991. The van der Waals surface area contributed by atoms with E-state index in [9.17, 15) is 9.36 Å². The van der Waals surface area contributed by atoms with Gasteiger partial charge < -0.3 is 9.05 Å². The summed E-state index contributed by atoms with van der Waals surface area (Å²) in [6, 6.07) is 0. The van der Waals surface area contributed by atoms with Gasteiger partial charge in [0, 0.05) is 0 Å². The van der Waals surface area contributed by atoms with E-state index in [1.807, 2.05) is 0 Å². The Hall–Kier alpha value is -0.540. The topological polar surface area (TPSA) is 78.6 Å². The third-order valence-electron chi connectivity index (χ3n) is 0.404. The van der Waals surface area contributed by atoms with Gasteiger partial charge in [0.1, 0.15) is 0 Å². The molecule has 1 saturated heterocycles. The first-order valence-electron chi connectivity index (χ1n) is 1.42. The van der Waals surface area contributed by atoms with Gasteiger partial charge in [-0.05, 0) is 0 Å². The third kappa shape index (κ3) is 0.730. The van der Waals surface area contributed by atoms with E-state index in [0.29, 0.717) is 0 Å². The van der Waals surface area contributed by atoms with E-state index in [1.54, 1.807) is 0 Å². The number of nitrogens with two attached hydrogens (primary N) is 1. The second-order valence-corrected chi connectivity index (χ2v) is 2.42. The minimum Gasteiger partial charge on any atom is -0.338 e. The van der Waals surface area contributed by atoms with Gasteiger partial charge in [-0.1, -0.05) is 0 Å². The monoisotopic (exact) mass is 123 g/mol. The van der Waals surface area contributed by atoms with Crippen LogP contribution in [0.15, 0.2) is 0 Å². The predicted octanol–water partition coefficient (Wildman–Crippen LogP) is 0.220. The van der Waals surface area contributed by atoms with Crippen LogP contribution in [-0.2, 0) is 13.6 Å². The maximum Gasteiger partial charge on any atom is 0.524 e. The number of rotatable bonds is 0. The highest BCUT2D eigenvalue weighted by Crippen LogP contribution is 2.48. The Labute approximate surface area is 39.0 Å². The molecule has 0 amide bonds. The van der Waals surface area contributed by atoms with Gasteiger partial charge in [0.05, 0.1) is 0 Å². The number of hydrogen-bond acceptors (Lipinski definition) is 4. The Morgan fingerprint density at radius 1 is 1.57 bits per heavy atom. The van der Waals surface area contributed by atoms with Gasteiger partial charge in [-0.15, -0.1) is 0 Å². The summed E-state index contributed by atoms with van der Waals surface area (Å²) in [4.78, 5) is 9.62. The Morgan fingerprint density at radius 2 is 2.00 bits per heavy atom. The van der Waals surface area contributed by atoms with Crippen molar-refractivity contribution in [3.05, 3.63) is 0 Å². The zero-order valence-corrected chi connectivity index (χ0v) is 4.05. The van der Waals surface area contributed by atoms with Crippen LogP contribution in [0.5, 0.6) is 0 Å². The summed E-state index contributed by atoms with van der Waals surface area (Å²) in [5.74, 6) is 0. The molecule has 40 valence electrons. The molecule has 0 aromatic heterocycles. The molecule has 6 heteroatoms. The zero-order chi connectivity index (χ0) is 5.49. The number of carbonyl (C=O) groups is 1. The molecule has 0 bridgehead atoms. The molecule has 1 aliphatic heterocycles. The van der Waals surface area contributed by atoms with Crippen molar-refractivity contribution < 1.29 is 18.4 Å². The van der Waals surface area contributed by atoms with Gasteiger partial charge in [0.15, 0.2) is 0 Å². The van der Waals surface area contributed by atoms with E-state index in [4.69, 9.17) is 0 Å². The molecule has 5 nitrogen and oxygen atoms in total. The van der Waals surface area contributed by atoms with Crippen molar-refractivity contribution in [1.29, 1.82) is 0 Å². The highest BCUT2D eigenvalue weighted by Gasteiger charge is 2.40. The smallest absolute Gasteiger partial charge is 0.338 e. The van der Waals surface area contributed by atoms with E-state index >= 15 is 0 Å². The Kier molecular flexibility index (Phi) is 0.654. The molecular formula is CH2NO4P. The third-order valence-corrected chi connectivity index (χ3v) is 1.21. The lowest BCUT2D eigenvalue weighted by Gasteiger charge is -2.18. The van der Waals surface area contributed by atoms with Gasteiger partial charge in [0.25, 0.3) is 0 Å². The maximum absolute atomic E-state index is 9.99. The molecule has 0 radical (unpaired) electrons. The summed E-state index contributed by atoms with van der Waals surface area (Å²) >= 11 is 0. The van der Waals surface area contributed by atoms with Crippen molar-refractivity contribution in [2.45, 2.75) is 0 Å². The summed E-state index contributed by atoms with van der Waals surface area (Å²) in [7, 11) is -3.37. The van der Waals surface area contributed by atoms with Crippen LogP contribution in [0, 0.1) is 0 Å². The maximum atomic E-state index is 9.99. The minimum absolute atomic E-state index is 0.967. The largest absolute Gasteiger partial charge is 0.524 e. The fraction of sp³-hybridized carbons (Fsp3) is 0. The number of carbonyl (C=O) groups excluding carboxylic acids is 1. The first-order chi connectivity index (χ1) is 3.10. The van der Waals surface area contributed by atoms with E-state index in [2.05, 4.69) is 14.6 Å². The summed E-state index contributed by atoms with van der Waals surface area (Å²) in [5.41, 5.74) is 4.60. The molecule has 1 fully saturated rings. The standard InChI is InChI=1S/CH2NO4P/c2-7(4)5-1(3)6-7/h(H2,2,4). The van der Waals surface area contributed by atoms with Gasteiger partial charge in [-0.2, -0.15) is 0 Å². The van der Waals surface area contributed by atoms with Crippen molar-refractivity contribution in [2.24, 2.45) is 5.50 Å². The molecule has 7 heavy (non-hydrogen) atoms. The fourth-order valence-electron chi connectivity index (χ4n) is 0.215. The van der Waals surface area contributed by atoms with Crippen LogP contribution < -0.4 is 5.50 Å². The van der Waals surface area contributed by atoms with Crippen LogP contribution >= 0.6 is 7.75 Å². The molecule has 1 heterocycles. The second kappa shape index (κ2) is 0.993. The highest BCUT2D eigenvalue weighted by molar-refractivity contribution is 7.54. The summed E-state index contributed by atoms with van der Waals surface area (Å²) in [6.45, 7) is 0. The van der Waals surface area contributed by atoms with Crippen molar-refractivity contribution in [3.8, 4) is 0 Å². The molecule has 1 rings (SSSR count). The normalized spacial score (nSPS) is 24.4. The van der Waals surface area contributed by atoms with E-state index < -0.39 is 13.9 Å². The fourth-order valence-corrected chi connectivity index (χ4v) is 0.644. The quantitative estimate of drug-likeness (QED) is 0.466. The number of hydrogen-bond donors (Lipinski definition) is 1. The molecule has 0 aromatic rings. The lowest BCUT2D eigenvalue weighted by atomic mass is 11.5. The second-order valence-electron chi connectivity index (χ2n) is 0.972. The van der Waals surface area contributed by atoms with E-state index in [0.717, 1.165) is 0 Å². The van der Waals surface area contributed by atoms with Gasteiger partial charge in [-0.25, -0.2) is 14.9 Å². The van der Waals surface area contributed by atoms with Crippen LogP contribution in [0.4, 0.5) is 4.79 Å². The zero-order valence-electron chi connectivity index (χ0n) is 3.16. The highest BCUT2D eigenvalue weighted by atomic mass is 31.2. The van der Waals surface area contributed by atoms with Crippen LogP contribution in [0.1, 0.15) is 0 Å². The SMILES string of the molecule is NP1(=O)OC(=O)O1. The molecule has 0 aliphatic carbocycles. The molecule has 0 unspecified atom stereocenters. The van der Waals surface area contributed by atoms with Crippen molar-refractivity contribution in [1.82, 2.24) is 0 Å². The van der Waals surface area contributed by atoms with Gasteiger partial charge >= 0.3 is 13.9 Å². The van der Waals surface area contributed by atoms with Crippen molar-refractivity contribution in [3.63, 3.8) is 0 Å². The van der Waals surface area contributed by atoms with Crippen LogP contribution in [0.25, 0.3) is 0 Å². The van der Waals surface area contributed by atoms with E-state index in [1.165, 1.54) is 0 Å². The predicted molar refractivity (Wildman–Crippen MR) is 19.4 cm³/mol. The first kappa shape index (κ1) is 4.61. The average Bonchev–Trinajstić information content (AvgIpc) is 1.27. The first-order valence-corrected chi connectivity index (χ1v) is 3.03. The minimum atomic E-state index is -3.37. The summed E-state index contributed by atoms with van der Waals surface area (Å²) in [5, 5.41) is 0. The van der Waals surface area contributed by atoms with Crippen LogP contribution in [0.3, 0.4) is 0 Å². The van der Waals surface area contributed by atoms with Gasteiger partial charge in [0.2, 0.25) is 0 Å². The molecule has 0 atom stereocenters. The van der Waals surface area contributed by atoms with Crippen molar-refractivity contribution in [2.75, 3.05) is 0 Å². The molecule has 1 aliphatic rings. The van der Waals surface area contributed by atoms with Crippen LogP contribution in [0.2, 0.25) is 0 Å². The molecule has 0 aromatic carbocycles. The molecule has 0 spiro atoms. The lowest BCUT2D eigenvalue weighted by Crippen LogP contribution is -2.21. The average molecular weight is 123 g/mol. The Bertz CT molecular complexity index is 140. The van der Waals surface area contributed by atoms with E-state index in [-0.39, 0.29) is 0 Å². The molecule has 2 N–H and O–H groups in total. The van der Waals surface area contributed by atoms with Crippen LogP contribution in [-0.4, -0.2) is 6.16 Å². The molecular weight excluding hydrogens is 121 g/mol. The Morgan fingerprint density at radius 3 is 2.00 bits per heavy atom. The Balaban J connectivity index is 2.60. The van der Waals surface area contributed by atoms with Crippen molar-refractivity contribution >= 4 is 13.9 Å². The van der Waals surface area contributed by atoms with Gasteiger partial charge in [-0.3, -0.25) is 0 Å². The molecule has 0 saturated carbocycles. The summed E-state index contributed by atoms with van der Waals surface area (Å²) < 4.78 is 17.6. The summed E-state index contributed by atoms with van der Waals surface area (Å²) in [6.07, 6.45) is -0.967.